The maximum absolute atomic E-state index is 14.1. The Kier molecular flexibility index (Phi) is 29.3. The van der Waals surface area contributed by atoms with Crippen LogP contribution in [0.15, 0.2) is 197 Å². The smallest absolute Gasteiger partial charge is 0.335 e. The van der Waals surface area contributed by atoms with Crippen molar-refractivity contribution in [3.05, 3.63) is 247 Å². The van der Waals surface area contributed by atoms with Crippen molar-refractivity contribution in [2.75, 3.05) is 26.9 Å². The van der Waals surface area contributed by atoms with E-state index in [4.69, 9.17) is 75.8 Å². The first kappa shape index (κ1) is 79.4. The van der Waals surface area contributed by atoms with Crippen LogP contribution in [0.25, 0.3) is 31.3 Å². The molecule has 6 aromatic rings. The molecule has 570 valence electrons. The molecule has 0 amide bonds. The van der Waals surface area contributed by atoms with E-state index in [2.05, 4.69) is 30.1 Å². The van der Waals surface area contributed by atoms with Crippen LogP contribution in [0.1, 0.15) is 33.4 Å². The molecule has 0 unspecified atom stereocenters. The Morgan fingerprint density at radius 3 is 1.05 bits per heavy atom. The van der Waals surface area contributed by atoms with Crippen molar-refractivity contribution >= 4 is 11.9 Å². The van der Waals surface area contributed by atoms with Gasteiger partial charge < -0.3 is 112 Å². The van der Waals surface area contributed by atoms with Gasteiger partial charge in [0.1, 0.15) is 104 Å². The fourth-order valence-electron chi connectivity index (χ4n) is 13.3. The molecule has 0 aromatic heterocycles. The van der Waals surface area contributed by atoms with E-state index in [9.17, 15) is 61.9 Å². The second kappa shape index (κ2) is 39.5. The molecule has 107 heavy (non-hydrogen) atoms. The highest BCUT2D eigenvalue weighted by molar-refractivity contribution is 5.74. The second-order valence-corrected chi connectivity index (χ2v) is 25.5. The van der Waals surface area contributed by atoms with Crippen LogP contribution in [0.2, 0.25) is 0 Å². The third-order valence-electron chi connectivity index (χ3n) is 18.6. The monoisotopic (exact) mass is 1490 g/mol. The summed E-state index contributed by atoms with van der Waals surface area (Å²) >= 11 is 0. The molecule has 5 heterocycles. The van der Waals surface area contributed by atoms with Crippen LogP contribution in [0.4, 0.5) is 0 Å². The van der Waals surface area contributed by atoms with Gasteiger partial charge in [0.15, 0.2) is 43.7 Å². The third-order valence-corrected chi connectivity index (χ3v) is 18.6. The molecule has 5 saturated heterocycles. The van der Waals surface area contributed by atoms with Gasteiger partial charge in [0.05, 0.1) is 65.6 Å². The van der Waals surface area contributed by atoms with E-state index in [1.54, 1.807) is 146 Å². The molecule has 34 heteroatoms. The molecule has 0 bridgehead atoms. The number of carboxylic acid groups (broad SMARTS) is 2. The van der Waals surface area contributed by atoms with Gasteiger partial charge in [-0.1, -0.05) is 197 Å². The van der Waals surface area contributed by atoms with Gasteiger partial charge in [0.2, 0.25) is 0 Å². The average Bonchev–Trinajstić information content (AvgIpc) is 0.765. The number of aliphatic carboxylic acids is 2. The van der Waals surface area contributed by atoms with Crippen molar-refractivity contribution in [2.45, 2.75) is 193 Å². The van der Waals surface area contributed by atoms with E-state index in [1.807, 2.05) is 36.4 Å². The van der Waals surface area contributed by atoms with Crippen LogP contribution in [0, 0.1) is 0 Å². The minimum Gasteiger partial charge on any atom is -0.479 e. The van der Waals surface area contributed by atoms with Gasteiger partial charge in [0, 0.05) is 21.8 Å². The average molecular weight is 1490 g/mol. The highest BCUT2D eigenvalue weighted by Crippen LogP contribution is 2.41. The Hall–Kier alpha value is -8.65. The minimum absolute atomic E-state index is 0.0138. The summed E-state index contributed by atoms with van der Waals surface area (Å²) in [6, 6.07) is 47.9. The van der Waals surface area contributed by atoms with E-state index in [-0.39, 0.29) is 39.6 Å². The predicted molar refractivity (Wildman–Crippen MR) is 367 cm³/mol. The summed E-state index contributed by atoms with van der Waals surface area (Å²) in [5.74, 6) is -3.44. The zero-order valence-corrected chi connectivity index (χ0v) is 57.6. The molecular weight excluding hydrogens is 1400 g/mol. The first-order valence-corrected chi connectivity index (χ1v) is 34.4. The van der Waals surface area contributed by atoms with E-state index in [0.717, 1.165) is 5.56 Å². The number of aliphatic hydroxyl groups is 5. The maximum Gasteiger partial charge on any atom is 0.335 e. The van der Waals surface area contributed by atoms with Crippen LogP contribution in [-0.2, 0) is 125 Å². The Morgan fingerprint density at radius 2 is 0.645 bits per heavy atom. The van der Waals surface area contributed by atoms with Gasteiger partial charge in [-0.25, -0.2) is 9.59 Å². The van der Waals surface area contributed by atoms with Crippen molar-refractivity contribution in [2.24, 2.45) is 15.3 Å². The molecule has 0 saturated carbocycles. The van der Waals surface area contributed by atoms with Gasteiger partial charge in [-0.05, 0) is 50.0 Å². The lowest BCUT2D eigenvalue weighted by Crippen LogP contribution is -2.69. The summed E-state index contributed by atoms with van der Waals surface area (Å²) in [4.78, 5) is 36.9. The number of rotatable bonds is 35. The lowest BCUT2D eigenvalue weighted by Gasteiger charge is -2.51. The molecule has 0 aliphatic carbocycles. The Balaban J connectivity index is 0.913. The first-order valence-electron chi connectivity index (χ1n) is 34.4. The van der Waals surface area contributed by atoms with Crippen LogP contribution in [-0.4, -0.2) is 228 Å². The van der Waals surface area contributed by atoms with Crippen LogP contribution in [0.5, 0.6) is 0 Å². The topological polar surface area (TPSA) is 470 Å². The number of aliphatic hydroxyl groups excluding tert-OH is 5. The van der Waals surface area contributed by atoms with E-state index < -0.39 is 185 Å². The van der Waals surface area contributed by atoms with E-state index in [0.29, 0.717) is 27.8 Å². The predicted octanol–water partition coefficient (Wildman–Crippen LogP) is 6.22. The lowest BCUT2D eigenvalue weighted by molar-refractivity contribution is -0.382. The van der Waals surface area contributed by atoms with Gasteiger partial charge in [-0.3, -0.25) is 0 Å². The largest absolute Gasteiger partial charge is 0.479 e. The van der Waals surface area contributed by atoms with Gasteiger partial charge >= 0.3 is 11.9 Å². The van der Waals surface area contributed by atoms with E-state index >= 15 is 0 Å². The van der Waals surface area contributed by atoms with Gasteiger partial charge in [0.25, 0.3) is 0 Å². The van der Waals surface area contributed by atoms with Crippen molar-refractivity contribution in [3.8, 4) is 0 Å². The maximum atomic E-state index is 14.1. The summed E-state index contributed by atoms with van der Waals surface area (Å²) in [7, 11) is 1.27. The molecule has 5 fully saturated rings. The zero-order valence-electron chi connectivity index (χ0n) is 57.6. The molecular formula is C73H83N9O25. The fourth-order valence-corrected chi connectivity index (χ4v) is 13.3. The quantitative estimate of drug-likeness (QED) is 0.0132. The summed E-state index contributed by atoms with van der Waals surface area (Å²) < 4.78 is 102. The molecule has 0 spiro atoms. The fraction of sp³-hybridized carbons (Fsp3) is 0.479. The van der Waals surface area contributed by atoms with Gasteiger partial charge in [-0.2, -0.15) is 0 Å². The summed E-state index contributed by atoms with van der Waals surface area (Å²) in [5.41, 5.74) is 34.1. The number of carboxylic acids is 2. The molecule has 11 rings (SSSR count). The van der Waals surface area contributed by atoms with Crippen molar-refractivity contribution in [3.63, 3.8) is 0 Å². The first-order chi connectivity index (χ1) is 52.3. The van der Waals surface area contributed by atoms with E-state index in [1.165, 1.54) is 7.11 Å². The SMILES string of the molecule is CO[C@H]1O[C@H](CO)[C@@H](O[C@@H]2O[C@@H](C(=O)O)[C@@H](O[C@H]3O[C@H](CO)[C@@H](O[C@@H]4O[C@H](C(=O)O)[C@@H](O[C@H]5O[C@H](CO)[C@@H](OCc6ccccc6)[C@H](OCc6ccccc6)[C@H]5N=[N+]=[N-])[C@H](OCc5ccccc5)[C@H]4OCc4ccccc4)[C@H](O)[C@H]3N=[N+]=[N-])[C@H](OCc3ccccc3)[C@H]2O)[C@H](OCc2ccccc2)[C@H]1N=[N+]=[N-]. The number of nitrogens with zero attached hydrogens (tertiary/aromatic N) is 9. The number of benzene rings is 6. The van der Waals surface area contributed by atoms with Crippen molar-refractivity contribution in [1.29, 1.82) is 0 Å². The van der Waals surface area contributed by atoms with Crippen LogP contribution in [0.3, 0.4) is 0 Å². The molecule has 0 radical (unpaired) electrons. The highest BCUT2D eigenvalue weighted by Gasteiger charge is 2.60. The molecule has 5 aliphatic heterocycles. The minimum atomic E-state index is -2.23. The highest BCUT2D eigenvalue weighted by atomic mass is 16.8. The zero-order chi connectivity index (χ0) is 75.2. The number of azide groups is 3. The standard InChI is InChI=1S/C73H83N9O25/c1-92-69-51(78-81-75)59(95-37-43-24-12-4-13-25-43)57(49(34-85)99-69)103-72-54(87)60(96-38-44-26-14-5-15-27-44)62(64(106-72)67(88)89)104-70-50(77-80-74)53(86)55(47(32-83)100-70)102-73-66(98-40-46-30-18-7-19-31-46)61(97-39-45-28-16-6-17-29-45)63(65(107-73)68(90)91)105-71-52(79-82-76)58(94-36-42-22-10-3-11-23-42)56(48(33-84)101-71)93-35-41-20-8-2-9-21-41/h2-31,47-66,69-73,83-87H,32-40H2,1H3,(H,88,89)(H,90,91)/t47-,48-,49-,50-,51-,52-,53-,54-,55-,56-,57-,58-,59-,60-,61+,62+,63+,64-,65+,66-,69+,70-,71-,72-,73-/m1/s1. The van der Waals surface area contributed by atoms with Crippen molar-refractivity contribution in [1.82, 2.24) is 0 Å². The Morgan fingerprint density at radius 1 is 0.346 bits per heavy atom. The third kappa shape index (κ3) is 20.0. The second-order valence-electron chi connectivity index (χ2n) is 25.5. The molecule has 7 N–H and O–H groups in total. The van der Waals surface area contributed by atoms with Gasteiger partial charge in [-0.15, -0.1) is 0 Å². The molecule has 34 nitrogen and oxygen atoms in total. The Bertz CT molecular complexity index is 3870. The van der Waals surface area contributed by atoms with Crippen molar-refractivity contribution < 1.29 is 121 Å². The lowest BCUT2D eigenvalue weighted by atomic mass is 9.93. The Labute approximate surface area is 612 Å². The number of hydrogen-bond acceptors (Lipinski definition) is 26. The number of hydrogen-bond donors (Lipinski definition) is 7. The number of ether oxygens (including phenoxy) is 16. The summed E-state index contributed by atoms with van der Waals surface area (Å²) in [6.07, 6.45) is -38.5. The summed E-state index contributed by atoms with van der Waals surface area (Å²) in [6.45, 7) is -3.62. The van der Waals surface area contributed by atoms with Crippen LogP contribution >= 0.6 is 0 Å². The number of methoxy groups -OCH3 is 1. The molecule has 6 aromatic carbocycles. The number of carbonyl (C=O) groups is 2. The molecule has 5 aliphatic rings. The molecule has 25 atom stereocenters. The normalized spacial score (nSPS) is 32.8. The summed E-state index contributed by atoms with van der Waals surface area (Å²) in [5, 5.41) is 93.1. The van der Waals surface area contributed by atoms with Crippen LogP contribution < -0.4 is 0 Å².